The van der Waals surface area contributed by atoms with Gasteiger partial charge in [-0.25, -0.2) is 0 Å². The minimum absolute atomic E-state index is 0.0892. The molecule has 114 valence electrons. The van der Waals surface area contributed by atoms with Gasteiger partial charge in [-0.15, -0.1) is 0 Å². The van der Waals surface area contributed by atoms with E-state index in [9.17, 15) is 14.4 Å². The number of ether oxygens (including phenoxy) is 2. The molecule has 1 heterocycles. The molecule has 1 N–H and O–H groups in total. The Labute approximate surface area is 122 Å². The second-order valence-electron chi connectivity index (χ2n) is 6.09. The van der Waals surface area contributed by atoms with Crippen molar-refractivity contribution in [3.8, 4) is 0 Å². The van der Waals surface area contributed by atoms with Crippen molar-refractivity contribution in [3.05, 3.63) is 23.5 Å². The Morgan fingerprint density at radius 1 is 1.29 bits per heavy atom. The number of esters is 2. The number of H-pyrrole nitrogens is 1. The van der Waals surface area contributed by atoms with Gasteiger partial charge in [-0.3, -0.25) is 14.4 Å². The van der Waals surface area contributed by atoms with E-state index >= 15 is 0 Å². The van der Waals surface area contributed by atoms with Gasteiger partial charge in [-0.2, -0.15) is 0 Å². The molecule has 0 aliphatic heterocycles. The van der Waals surface area contributed by atoms with Gasteiger partial charge in [0.05, 0.1) is 7.11 Å². The summed E-state index contributed by atoms with van der Waals surface area (Å²) < 4.78 is 10.0. The van der Waals surface area contributed by atoms with Crippen LogP contribution in [0.3, 0.4) is 0 Å². The van der Waals surface area contributed by atoms with E-state index in [2.05, 4.69) is 4.98 Å². The van der Waals surface area contributed by atoms with Crippen molar-refractivity contribution in [2.75, 3.05) is 7.11 Å². The average Bonchev–Trinajstić information content (AvgIpc) is 2.93. The fraction of sp³-hybridized carbons (Fsp3) is 0.533. The topological polar surface area (TPSA) is 85.5 Å². The van der Waals surface area contributed by atoms with Gasteiger partial charge in [-0.05, 0) is 26.3 Å². The lowest BCUT2D eigenvalue weighted by molar-refractivity contribution is -0.169. The first-order valence-electron chi connectivity index (χ1n) is 6.75. The Kier molecular flexibility index (Phi) is 3.89. The number of carbonyl (C=O) groups excluding carboxylic acids is 3. The number of fused-ring (bicyclic) bond motifs is 1. The molecule has 0 spiro atoms. The van der Waals surface area contributed by atoms with Crippen molar-refractivity contribution in [2.24, 2.45) is 5.92 Å². The lowest BCUT2D eigenvalue weighted by Gasteiger charge is -2.25. The van der Waals surface area contributed by atoms with E-state index in [0.717, 1.165) is 0 Å². The van der Waals surface area contributed by atoms with E-state index < -0.39 is 29.4 Å². The van der Waals surface area contributed by atoms with Gasteiger partial charge in [0.15, 0.2) is 11.7 Å². The molecule has 1 aliphatic rings. The first-order chi connectivity index (χ1) is 9.74. The van der Waals surface area contributed by atoms with Crippen LogP contribution in [0.25, 0.3) is 0 Å². The Bertz CT molecular complexity index is 581. The number of aromatic amines is 1. The number of aromatic nitrogens is 1. The van der Waals surface area contributed by atoms with Gasteiger partial charge >= 0.3 is 11.9 Å². The van der Waals surface area contributed by atoms with Crippen LogP contribution < -0.4 is 0 Å². The third kappa shape index (κ3) is 2.99. The van der Waals surface area contributed by atoms with Crippen molar-refractivity contribution >= 4 is 17.7 Å². The minimum atomic E-state index is -1.13. The van der Waals surface area contributed by atoms with E-state index in [1.54, 1.807) is 33.2 Å². The summed E-state index contributed by atoms with van der Waals surface area (Å²) >= 11 is 0. The van der Waals surface area contributed by atoms with Crippen molar-refractivity contribution < 1.29 is 23.9 Å². The number of ketones is 1. The molecule has 2 atom stereocenters. The standard InChI is InChI=1S/C15H19NO5/c1-15(2,3)21-14(19)12(13(18)20-4)8-5-11(17)10-7-16-6-9(8)10/h6-8,12,16H,5H2,1-4H3. The number of methoxy groups -OCH3 is 1. The van der Waals surface area contributed by atoms with Gasteiger partial charge in [0.25, 0.3) is 0 Å². The van der Waals surface area contributed by atoms with Gasteiger partial charge in [0.2, 0.25) is 0 Å². The fourth-order valence-electron chi connectivity index (χ4n) is 2.56. The lowest BCUT2D eigenvalue weighted by Crippen LogP contribution is -2.36. The van der Waals surface area contributed by atoms with Crippen LogP contribution in [0.5, 0.6) is 0 Å². The number of nitrogens with one attached hydrogen (secondary N) is 1. The molecular formula is C15H19NO5. The van der Waals surface area contributed by atoms with Crippen LogP contribution in [0.1, 0.15) is 49.0 Å². The molecule has 0 fully saturated rings. The molecule has 0 bridgehead atoms. The van der Waals surface area contributed by atoms with Crippen LogP contribution >= 0.6 is 0 Å². The third-order valence-corrected chi connectivity index (χ3v) is 3.40. The van der Waals surface area contributed by atoms with E-state index in [4.69, 9.17) is 9.47 Å². The molecule has 6 heteroatoms. The highest BCUT2D eigenvalue weighted by Gasteiger charge is 2.45. The van der Waals surface area contributed by atoms with E-state index in [-0.39, 0.29) is 12.2 Å². The second-order valence-corrected chi connectivity index (χ2v) is 6.09. The zero-order valence-corrected chi connectivity index (χ0v) is 12.6. The molecule has 0 saturated carbocycles. The Morgan fingerprint density at radius 3 is 2.52 bits per heavy atom. The highest BCUT2D eigenvalue weighted by atomic mass is 16.6. The molecule has 0 saturated heterocycles. The van der Waals surface area contributed by atoms with E-state index in [0.29, 0.717) is 11.1 Å². The van der Waals surface area contributed by atoms with Gasteiger partial charge in [0, 0.05) is 30.3 Å². The predicted octanol–water partition coefficient (Wildman–Crippen LogP) is 1.82. The minimum Gasteiger partial charge on any atom is -0.468 e. The number of rotatable bonds is 3. The maximum Gasteiger partial charge on any atom is 0.321 e. The molecule has 1 aromatic heterocycles. The van der Waals surface area contributed by atoms with Crippen molar-refractivity contribution in [3.63, 3.8) is 0 Å². The molecular weight excluding hydrogens is 274 g/mol. The number of carbonyl (C=O) groups is 3. The quantitative estimate of drug-likeness (QED) is 0.678. The zero-order valence-electron chi connectivity index (χ0n) is 12.6. The monoisotopic (exact) mass is 293 g/mol. The maximum atomic E-state index is 12.3. The van der Waals surface area contributed by atoms with Crippen molar-refractivity contribution in [1.29, 1.82) is 0 Å². The first-order valence-corrected chi connectivity index (χ1v) is 6.75. The van der Waals surface area contributed by atoms with Crippen LogP contribution in [-0.4, -0.2) is 35.4 Å². The normalized spacial score (nSPS) is 19.0. The summed E-state index contributed by atoms with van der Waals surface area (Å²) in [4.78, 5) is 39.1. The molecule has 1 aliphatic carbocycles. The van der Waals surface area contributed by atoms with E-state index in [1.807, 2.05) is 0 Å². The average molecular weight is 293 g/mol. The molecule has 21 heavy (non-hydrogen) atoms. The summed E-state index contributed by atoms with van der Waals surface area (Å²) in [6.07, 6.45) is 3.34. The zero-order chi connectivity index (χ0) is 15.8. The van der Waals surface area contributed by atoms with Crippen LogP contribution in [0.4, 0.5) is 0 Å². The number of hydrogen-bond donors (Lipinski definition) is 1. The summed E-state index contributed by atoms with van der Waals surface area (Å²) in [6.45, 7) is 5.17. The fourth-order valence-corrected chi connectivity index (χ4v) is 2.56. The van der Waals surface area contributed by atoms with Gasteiger partial charge < -0.3 is 14.5 Å². The molecule has 2 unspecified atom stereocenters. The third-order valence-electron chi connectivity index (χ3n) is 3.40. The molecule has 2 rings (SSSR count). The lowest BCUT2D eigenvalue weighted by atomic mass is 9.88. The van der Waals surface area contributed by atoms with Crippen LogP contribution in [0, 0.1) is 5.92 Å². The van der Waals surface area contributed by atoms with E-state index in [1.165, 1.54) is 7.11 Å². The van der Waals surface area contributed by atoms with Crippen molar-refractivity contribution in [1.82, 2.24) is 4.98 Å². The molecule has 0 radical (unpaired) electrons. The van der Waals surface area contributed by atoms with Crippen LogP contribution in [-0.2, 0) is 19.1 Å². The van der Waals surface area contributed by atoms with Gasteiger partial charge in [0.1, 0.15) is 5.60 Å². The summed E-state index contributed by atoms with van der Waals surface area (Å²) in [6, 6.07) is 0. The van der Waals surface area contributed by atoms with Crippen molar-refractivity contribution in [2.45, 2.75) is 38.7 Å². The Hall–Kier alpha value is -2.11. The molecule has 0 amide bonds. The molecule has 0 aromatic carbocycles. The summed E-state index contributed by atoms with van der Waals surface area (Å²) in [5.41, 5.74) is 0.478. The summed E-state index contributed by atoms with van der Waals surface area (Å²) in [5, 5.41) is 0. The largest absolute Gasteiger partial charge is 0.468 e. The number of Topliss-reactive ketones (excluding diaryl/α,β-unsaturated/α-hetero) is 1. The summed E-state index contributed by atoms with van der Waals surface area (Å²) in [5.74, 6) is -3.11. The molecule has 1 aromatic rings. The highest BCUT2D eigenvalue weighted by Crippen LogP contribution is 2.39. The highest BCUT2D eigenvalue weighted by molar-refractivity contribution is 6.04. The molecule has 6 nitrogen and oxygen atoms in total. The van der Waals surface area contributed by atoms with Gasteiger partial charge in [-0.1, -0.05) is 0 Å². The maximum absolute atomic E-state index is 12.3. The summed E-state index contributed by atoms with van der Waals surface area (Å²) in [7, 11) is 1.22. The Balaban J connectivity index is 2.33. The predicted molar refractivity (Wildman–Crippen MR) is 73.8 cm³/mol. The first kappa shape index (κ1) is 15.3. The van der Waals surface area contributed by atoms with Crippen LogP contribution in [0.15, 0.2) is 12.4 Å². The smallest absolute Gasteiger partial charge is 0.321 e. The second kappa shape index (κ2) is 5.35. The SMILES string of the molecule is COC(=O)C(C(=O)OC(C)(C)C)C1CC(=O)c2c[nH]cc21. The number of hydrogen-bond acceptors (Lipinski definition) is 5. The van der Waals surface area contributed by atoms with Crippen LogP contribution in [0.2, 0.25) is 0 Å². The Morgan fingerprint density at radius 2 is 1.95 bits per heavy atom.